The molecule has 188 valence electrons. The monoisotopic (exact) mass is 517 g/mol. The number of alkyl halides is 3. The standard InChI is InChI=1S/C22H21F5N4O3S/c1-31-6-4-11(5-7-31)19(32)30-20(33)17-13(23)2-3-15(18(17)24)34-10-16-29-14-8-12(22(25,26)27)9-28-21(14)35-16/h2-3,8-9,11,20,33H,4-7,10H2,1H3,(H,30,32)/p+1. The molecule has 0 spiro atoms. The zero-order chi connectivity index (χ0) is 25.3. The van der Waals surface area contributed by atoms with Gasteiger partial charge in [-0.1, -0.05) is 11.3 Å². The highest BCUT2D eigenvalue weighted by molar-refractivity contribution is 7.18. The Hall–Kier alpha value is -2.90. The molecule has 1 saturated heterocycles. The molecule has 1 amide bonds. The maximum atomic E-state index is 15.0. The molecule has 1 aromatic carbocycles. The molecule has 35 heavy (non-hydrogen) atoms. The third-order valence-corrected chi connectivity index (χ3v) is 6.68. The van der Waals surface area contributed by atoms with Gasteiger partial charge in [-0.3, -0.25) is 10.1 Å². The number of piperidine rings is 1. The van der Waals surface area contributed by atoms with E-state index in [0.717, 1.165) is 29.5 Å². The lowest BCUT2D eigenvalue weighted by Crippen LogP contribution is -2.40. The van der Waals surface area contributed by atoms with E-state index in [9.17, 15) is 22.4 Å². The third-order valence-electron chi connectivity index (χ3n) is 5.73. The van der Waals surface area contributed by atoms with Gasteiger partial charge in [-0.15, -0.1) is 0 Å². The minimum absolute atomic E-state index is 0.0199. The van der Waals surface area contributed by atoms with Crippen molar-refractivity contribution < 1.29 is 36.6 Å². The first kappa shape index (κ1) is 25.2. The van der Waals surface area contributed by atoms with E-state index in [2.05, 4.69) is 20.2 Å². The first-order valence-electron chi connectivity index (χ1n) is 10.7. The van der Waals surface area contributed by atoms with Crippen LogP contribution in [0.2, 0.25) is 0 Å². The van der Waals surface area contributed by atoms with Gasteiger partial charge in [0.1, 0.15) is 33.3 Å². The number of carbonyl (C=O) groups is 1. The maximum Gasteiger partial charge on any atom is 0.417 e. The lowest BCUT2D eigenvalue weighted by atomic mass is 9.96. The number of hydrogen-bond acceptors (Lipinski definition) is 6. The van der Waals surface area contributed by atoms with Crippen molar-refractivity contribution in [3.8, 4) is 5.75 Å². The summed E-state index contributed by atoms with van der Waals surface area (Å²) in [5.41, 5.74) is -1.59. The Bertz CT molecular complexity index is 1230. The predicted molar refractivity (Wildman–Crippen MR) is 118 cm³/mol. The zero-order valence-corrected chi connectivity index (χ0v) is 19.3. The van der Waals surface area contributed by atoms with Crippen LogP contribution in [0.4, 0.5) is 22.0 Å². The molecule has 1 fully saturated rings. The van der Waals surface area contributed by atoms with Crippen LogP contribution in [0.3, 0.4) is 0 Å². The van der Waals surface area contributed by atoms with E-state index in [1.807, 2.05) is 7.05 Å². The number of hydrogen-bond donors (Lipinski definition) is 1. The van der Waals surface area contributed by atoms with Crippen LogP contribution >= 0.6 is 11.3 Å². The molecule has 1 aliphatic heterocycles. The molecular weight excluding hydrogens is 495 g/mol. The van der Waals surface area contributed by atoms with E-state index in [-0.39, 0.29) is 33.6 Å². The molecule has 0 aliphatic carbocycles. The Kier molecular flexibility index (Phi) is 7.20. The number of thiazole rings is 1. The summed E-state index contributed by atoms with van der Waals surface area (Å²) in [6.45, 7) is 1.12. The second kappa shape index (κ2) is 9.99. The van der Waals surface area contributed by atoms with Gasteiger partial charge in [0.25, 0.3) is 6.23 Å². The average Bonchev–Trinajstić information content (AvgIpc) is 3.20. The van der Waals surface area contributed by atoms with Crippen molar-refractivity contribution in [2.75, 3.05) is 20.1 Å². The van der Waals surface area contributed by atoms with Crippen LogP contribution in [0.15, 0.2) is 24.4 Å². The normalized spacial score (nSPS) is 16.4. The van der Waals surface area contributed by atoms with E-state index in [0.29, 0.717) is 32.1 Å². The number of halogens is 5. The summed E-state index contributed by atoms with van der Waals surface area (Å²) in [4.78, 5) is 22.6. The average molecular weight is 518 g/mol. The highest BCUT2D eigenvalue weighted by atomic mass is 32.1. The molecule has 3 N–H and O–H groups in total. The van der Waals surface area contributed by atoms with Gasteiger partial charge in [0.2, 0.25) is 5.91 Å². The van der Waals surface area contributed by atoms with Gasteiger partial charge in [-0.05, 0) is 51.2 Å². The van der Waals surface area contributed by atoms with E-state index in [1.165, 1.54) is 0 Å². The number of carbonyl (C=O) groups excluding carboxylic acids is 1. The van der Waals surface area contributed by atoms with Crippen LogP contribution in [0.5, 0.6) is 5.75 Å². The van der Waals surface area contributed by atoms with Gasteiger partial charge in [-0.25, -0.2) is 18.7 Å². The molecule has 13 heteroatoms. The van der Waals surface area contributed by atoms with Gasteiger partial charge in [-0.2, -0.15) is 13.2 Å². The van der Waals surface area contributed by atoms with Crippen molar-refractivity contribution in [1.29, 1.82) is 0 Å². The largest absolute Gasteiger partial charge is 0.483 e. The fourth-order valence-electron chi connectivity index (χ4n) is 3.75. The number of benzene rings is 1. The number of aromatic nitrogens is 2. The topological polar surface area (TPSA) is 90.2 Å². The predicted octanol–water partition coefficient (Wildman–Crippen LogP) is 3.75. The van der Waals surface area contributed by atoms with Crippen molar-refractivity contribution in [3.63, 3.8) is 0 Å². The maximum absolute atomic E-state index is 15.0. The SMILES string of the molecule is CN1CCC(C(=O)NC([OH2+])c2c(F)ccc(OCc3nc4cc(C(F)(F)F)cnc4s3)c2F)CC1. The van der Waals surface area contributed by atoms with Crippen LogP contribution in [0.25, 0.3) is 10.3 Å². The van der Waals surface area contributed by atoms with Crippen LogP contribution in [-0.2, 0) is 17.6 Å². The molecule has 1 unspecified atom stereocenters. The second-order valence-corrected chi connectivity index (χ2v) is 9.30. The van der Waals surface area contributed by atoms with E-state index in [1.54, 1.807) is 0 Å². The number of likely N-dealkylation sites (tertiary alicyclic amines) is 1. The van der Waals surface area contributed by atoms with Crippen molar-refractivity contribution >= 4 is 27.6 Å². The molecule has 3 aromatic rings. The highest BCUT2D eigenvalue weighted by Gasteiger charge is 2.32. The Labute approximate surface area is 200 Å². The fraction of sp³-hybridized carbons (Fsp3) is 0.409. The molecule has 7 nitrogen and oxygen atoms in total. The molecule has 4 rings (SSSR count). The molecule has 0 radical (unpaired) electrons. The van der Waals surface area contributed by atoms with Crippen molar-refractivity contribution in [1.82, 2.24) is 20.2 Å². The quantitative estimate of drug-likeness (QED) is 0.306. The summed E-state index contributed by atoms with van der Waals surface area (Å²) in [7, 11) is 1.93. The van der Waals surface area contributed by atoms with Crippen LogP contribution in [-0.4, -0.2) is 46.0 Å². The molecule has 1 atom stereocenters. The molecule has 0 bridgehead atoms. The molecule has 3 heterocycles. The number of ether oxygens (including phenoxy) is 1. The summed E-state index contributed by atoms with van der Waals surface area (Å²) < 4.78 is 73.4. The minimum Gasteiger partial charge on any atom is -0.483 e. The number of nitrogens with zero attached hydrogens (tertiary/aromatic N) is 3. The number of amides is 1. The summed E-state index contributed by atoms with van der Waals surface area (Å²) in [6, 6.07) is 2.82. The smallest absolute Gasteiger partial charge is 0.417 e. The lowest BCUT2D eigenvalue weighted by Gasteiger charge is -2.28. The van der Waals surface area contributed by atoms with E-state index in [4.69, 9.17) is 9.84 Å². The second-order valence-electron chi connectivity index (χ2n) is 8.23. The van der Waals surface area contributed by atoms with E-state index >= 15 is 4.39 Å². The van der Waals surface area contributed by atoms with Crippen molar-refractivity contribution in [2.45, 2.75) is 31.9 Å². The summed E-state index contributed by atoms with van der Waals surface area (Å²) in [5.74, 6) is -3.32. The Morgan fingerprint density at radius 2 is 2.03 bits per heavy atom. The molecule has 2 aromatic heterocycles. The first-order valence-corrected chi connectivity index (χ1v) is 11.5. The summed E-state index contributed by atoms with van der Waals surface area (Å²) >= 11 is 0.971. The van der Waals surface area contributed by atoms with Crippen LogP contribution in [0.1, 0.15) is 35.2 Å². The highest BCUT2D eigenvalue weighted by Crippen LogP contribution is 2.32. The number of pyridine rings is 1. The third kappa shape index (κ3) is 5.68. The Morgan fingerprint density at radius 3 is 2.71 bits per heavy atom. The zero-order valence-electron chi connectivity index (χ0n) is 18.5. The first-order chi connectivity index (χ1) is 16.5. The van der Waals surface area contributed by atoms with Crippen LogP contribution < -0.4 is 10.1 Å². The minimum atomic E-state index is -4.56. The van der Waals surface area contributed by atoms with Gasteiger partial charge in [0.15, 0.2) is 11.6 Å². The Morgan fingerprint density at radius 1 is 1.31 bits per heavy atom. The van der Waals surface area contributed by atoms with Crippen LogP contribution in [0, 0.1) is 17.6 Å². The van der Waals surface area contributed by atoms with Crippen molar-refractivity contribution in [2.24, 2.45) is 5.92 Å². The van der Waals surface area contributed by atoms with E-state index < -0.39 is 41.1 Å². The summed E-state index contributed by atoms with van der Waals surface area (Å²) in [6.07, 6.45) is -4.37. The number of fused-ring (bicyclic) bond motifs is 1. The van der Waals surface area contributed by atoms with Gasteiger partial charge < -0.3 is 14.7 Å². The molecular formula is C22H22F5N4O3S+. The van der Waals surface area contributed by atoms with Gasteiger partial charge in [0.05, 0.1) is 5.56 Å². The molecule has 0 saturated carbocycles. The van der Waals surface area contributed by atoms with Gasteiger partial charge in [0, 0.05) is 12.1 Å². The lowest BCUT2D eigenvalue weighted by molar-refractivity contribution is -0.137. The number of nitrogens with one attached hydrogen (secondary N) is 1. The van der Waals surface area contributed by atoms with Crippen molar-refractivity contribution in [3.05, 3.63) is 52.2 Å². The fourth-order valence-corrected chi connectivity index (χ4v) is 4.55. The number of rotatable bonds is 6. The Balaban J connectivity index is 1.46. The summed E-state index contributed by atoms with van der Waals surface area (Å²) in [5, 5.41) is 10.7. The molecule has 1 aliphatic rings. The van der Waals surface area contributed by atoms with Gasteiger partial charge >= 0.3 is 6.18 Å².